The molecule has 1 amide bonds. The van der Waals surface area contributed by atoms with Crippen molar-refractivity contribution in [1.29, 1.82) is 0 Å². The number of ether oxygens (including phenoxy) is 2. The van der Waals surface area contributed by atoms with Crippen molar-refractivity contribution in [2.45, 2.75) is 53.8 Å². The monoisotopic (exact) mass is 398 g/mol. The van der Waals surface area contributed by atoms with Crippen molar-refractivity contribution in [3.05, 3.63) is 58.1 Å². The molecular weight excluding hydrogens is 368 g/mol. The molecule has 6 nitrogen and oxygen atoms in total. The largest absolute Gasteiger partial charge is 0.454 e. The maximum Gasteiger partial charge on any atom is 0.260 e. The average Bonchev–Trinajstić information content (AvgIpc) is 3.11. The lowest BCUT2D eigenvalue weighted by atomic mass is 9.96. The lowest BCUT2D eigenvalue weighted by Crippen LogP contribution is -2.48. The van der Waals surface area contributed by atoms with E-state index in [2.05, 4.69) is 37.8 Å². The second-order valence-electron chi connectivity index (χ2n) is 8.13. The highest BCUT2D eigenvalue weighted by Crippen LogP contribution is 2.33. The van der Waals surface area contributed by atoms with E-state index in [1.165, 1.54) is 22.3 Å². The van der Waals surface area contributed by atoms with E-state index >= 15 is 0 Å². The summed E-state index contributed by atoms with van der Waals surface area (Å²) in [6, 6.07) is 9.69. The Morgan fingerprint density at radius 3 is 2.34 bits per heavy atom. The molecule has 1 aliphatic heterocycles. The number of fused-ring (bicyclic) bond motifs is 1. The van der Waals surface area contributed by atoms with Gasteiger partial charge in [0.2, 0.25) is 6.79 Å². The van der Waals surface area contributed by atoms with Crippen LogP contribution in [0.3, 0.4) is 0 Å². The van der Waals surface area contributed by atoms with Crippen LogP contribution in [0.1, 0.15) is 41.7 Å². The topological polar surface area (TPSA) is 71.0 Å². The van der Waals surface area contributed by atoms with Gasteiger partial charge in [0.25, 0.3) is 5.91 Å². The van der Waals surface area contributed by atoms with E-state index in [0.717, 1.165) is 17.1 Å². The molecule has 2 N–H and O–H groups in total. The summed E-state index contributed by atoms with van der Waals surface area (Å²) in [7, 11) is 0. The maximum atomic E-state index is 12.5. The van der Waals surface area contributed by atoms with Gasteiger partial charge in [0.05, 0.1) is 6.04 Å². The van der Waals surface area contributed by atoms with Crippen molar-refractivity contribution in [2.24, 2.45) is 5.92 Å². The van der Waals surface area contributed by atoms with Gasteiger partial charge in [-0.1, -0.05) is 37.6 Å². The third kappa shape index (κ3) is 4.71. The number of aryl methyl sites for hydroxylation is 3. The molecule has 2 aromatic carbocycles. The molecule has 0 fully saturated rings. The highest BCUT2D eigenvalue weighted by atomic mass is 16.7. The minimum Gasteiger partial charge on any atom is -0.454 e. The molecule has 1 atom stereocenters. The van der Waals surface area contributed by atoms with E-state index in [1.54, 1.807) is 0 Å². The molecule has 156 valence electrons. The smallest absolute Gasteiger partial charge is 0.260 e. The second kappa shape index (κ2) is 8.84. The molecule has 1 aliphatic rings. The molecule has 0 radical (unpaired) electrons. The summed E-state index contributed by atoms with van der Waals surface area (Å²) >= 11 is 0. The minimum absolute atomic E-state index is 0.0159. The number of hydroxylamine groups is 1. The van der Waals surface area contributed by atoms with Crippen LogP contribution in [0.4, 0.5) is 0 Å². The van der Waals surface area contributed by atoms with E-state index in [1.807, 2.05) is 37.5 Å². The van der Waals surface area contributed by atoms with Gasteiger partial charge in [-0.3, -0.25) is 14.9 Å². The first-order valence-corrected chi connectivity index (χ1v) is 9.93. The number of benzene rings is 2. The molecule has 2 aromatic rings. The molecule has 0 unspecified atom stereocenters. The Balaban J connectivity index is 1.96. The van der Waals surface area contributed by atoms with Gasteiger partial charge < -0.3 is 9.47 Å². The first kappa shape index (κ1) is 21.1. The summed E-state index contributed by atoms with van der Waals surface area (Å²) in [6.45, 7) is 11.6. The highest BCUT2D eigenvalue weighted by Gasteiger charge is 2.30. The zero-order chi connectivity index (χ0) is 21.1. The van der Waals surface area contributed by atoms with Crippen molar-refractivity contribution in [2.75, 3.05) is 6.79 Å². The average molecular weight is 399 g/mol. The number of carbonyl (C=O) groups is 1. The fourth-order valence-corrected chi connectivity index (χ4v) is 4.15. The van der Waals surface area contributed by atoms with Crippen LogP contribution < -0.4 is 15.0 Å². The van der Waals surface area contributed by atoms with Crippen LogP contribution >= 0.6 is 0 Å². The van der Waals surface area contributed by atoms with Crippen molar-refractivity contribution in [3.63, 3.8) is 0 Å². The van der Waals surface area contributed by atoms with Gasteiger partial charge in [0.1, 0.15) is 0 Å². The lowest BCUT2D eigenvalue weighted by molar-refractivity contribution is -0.137. The summed E-state index contributed by atoms with van der Waals surface area (Å²) in [5, 5.41) is 9.34. The Morgan fingerprint density at radius 1 is 1.07 bits per heavy atom. The van der Waals surface area contributed by atoms with Gasteiger partial charge in [-0.2, -0.15) is 0 Å². The van der Waals surface area contributed by atoms with Crippen LogP contribution in [0.25, 0.3) is 0 Å². The predicted octanol–water partition coefficient (Wildman–Crippen LogP) is 3.87. The highest BCUT2D eigenvalue weighted by molar-refractivity contribution is 5.80. The fourth-order valence-electron chi connectivity index (χ4n) is 4.15. The third-order valence-corrected chi connectivity index (χ3v) is 5.43. The standard InChI is InChI=1S/C23H30N2O4/c1-14(2)22(23(26)24-27)25(12-19-16(4)8-15(3)9-17(19)5)11-18-6-7-20-21(10-18)29-13-28-20/h6-10,14,22,27H,11-13H2,1-5H3,(H,24,26)/t22-/m1/s1. The van der Waals surface area contributed by atoms with Gasteiger partial charge in [0, 0.05) is 13.1 Å². The van der Waals surface area contributed by atoms with Crippen LogP contribution in [-0.4, -0.2) is 28.8 Å². The van der Waals surface area contributed by atoms with Crippen molar-refractivity contribution >= 4 is 5.91 Å². The Morgan fingerprint density at radius 2 is 1.72 bits per heavy atom. The summed E-state index contributed by atoms with van der Waals surface area (Å²) in [4.78, 5) is 14.6. The van der Waals surface area contributed by atoms with Gasteiger partial charge in [-0.15, -0.1) is 0 Å². The second-order valence-corrected chi connectivity index (χ2v) is 8.13. The Hall–Kier alpha value is -2.57. The zero-order valence-corrected chi connectivity index (χ0v) is 17.8. The summed E-state index contributed by atoms with van der Waals surface area (Å²) in [6.07, 6.45) is 0. The van der Waals surface area contributed by atoms with Crippen LogP contribution in [-0.2, 0) is 17.9 Å². The third-order valence-electron chi connectivity index (χ3n) is 5.43. The summed E-state index contributed by atoms with van der Waals surface area (Å²) in [5.41, 5.74) is 7.70. The van der Waals surface area contributed by atoms with E-state index < -0.39 is 11.9 Å². The number of amides is 1. The number of nitrogens with one attached hydrogen (secondary N) is 1. The maximum absolute atomic E-state index is 12.5. The van der Waals surface area contributed by atoms with Crippen LogP contribution in [0.15, 0.2) is 30.3 Å². The molecule has 0 spiro atoms. The van der Waals surface area contributed by atoms with Gasteiger partial charge in [-0.05, 0) is 61.1 Å². The van der Waals surface area contributed by atoms with Gasteiger partial charge >= 0.3 is 0 Å². The molecule has 3 rings (SSSR count). The number of rotatable bonds is 7. The normalized spacial score (nSPS) is 13.8. The molecular formula is C23H30N2O4. The SMILES string of the molecule is Cc1cc(C)c(CN(Cc2ccc3c(c2)OCO3)[C@@H](C(=O)NO)C(C)C)c(C)c1. The Kier molecular flexibility index (Phi) is 6.45. The van der Waals surface area contributed by atoms with Crippen molar-refractivity contribution < 1.29 is 19.5 Å². The molecule has 0 aromatic heterocycles. The molecule has 29 heavy (non-hydrogen) atoms. The molecule has 0 bridgehead atoms. The van der Waals surface area contributed by atoms with E-state index in [0.29, 0.717) is 13.1 Å². The Labute approximate surface area is 172 Å². The number of carbonyl (C=O) groups excluding carboxylic acids is 1. The van der Waals surface area contributed by atoms with Crippen LogP contribution in [0.2, 0.25) is 0 Å². The van der Waals surface area contributed by atoms with Gasteiger partial charge in [0.15, 0.2) is 11.5 Å². The molecule has 0 saturated carbocycles. The quantitative estimate of drug-likeness (QED) is 0.547. The van der Waals surface area contributed by atoms with Crippen molar-refractivity contribution in [1.82, 2.24) is 10.4 Å². The molecule has 6 heteroatoms. The first-order chi connectivity index (χ1) is 13.8. The van der Waals surface area contributed by atoms with Crippen LogP contribution in [0, 0.1) is 26.7 Å². The fraction of sp³-hybridized carbons (Fsp3) is 0.435. The van der Waals surface area contributed by atoms with Gasteiger partial charge in [-0.25, -0.2) is 5.48 Å². The minimum atomic E-state index is -0.481. The lowest BCUT2D eigenvalue weighted by Gasteiger charge is -2.34. The van der Waals surface area contributed by atoms with Crippen molar-refractivity contribution in [3.8, 4) is 11.5 Å². The molecule has 1 heterocycles. The van der Waals surface area contributed by atoms with E-state index in [-0.39, 0.29) is 12.7 Å². The summed E-state index contributed by atoms with van der Waals surface area (Å²) in [5.74, 6) is 1.07. The van der Waals surface area contributed by atoms with E-state index in [4.69, 9.17) is 9.47 Å². The number of hydrogen-bond acceptors (Lipinski definition) is 5. The Bertz CT molecular complexity index is 871. The molecule has 0 aliphatic carbocycles. The molecule has 0 saturated heterocycles. The zero-order valence-electron chi connectivity index (χ0n) is 17.8. The summed E-state index contributed by atoms with van der Waals surface area (Å²) < 4.78 is 10.9. The number of hydrogen-bond donors (Lipinski definition) is 2. The number of nitrogens with zero attached hydrogens (tertiary/aromatic N) is 1. The predicted molar refractivity (Wildman–Crippen MR) is 111 cm³/mol. The van der Waals surface area contributed by atoms with E-state index in [9.17, 15) is 10.0 Å². The van der Waals surface area contributed by atoms with Crippen LogP contribution in [0.5, 0.6) is 11.5 Å². The first-order valence-electron chi connectivity index (χ1n) is 9.93.